The summed E-state index contributed by atoms with van der Waals surface area (Å²) in [5.74, 6) is 0. The average molecular weight is 402 g/mol. The van der Waals surface area contributed by atoms with Crippen molar-refractivity contribution in [1.29, 1.82) is 0 Å². The monoisotopic (exact) mass is 401 g/mol. The van der Waals surface area contributed by atoms with Crippen molar-refractivity contribution < 1.29 is 0 Å². The van der Waals surface area contributed by atoms with E-state index in [1.54, 1.807) is 0 Å². The standard InChI is InChI=1S/C22H16BrN3/c1-26-19-9-5-4-8-18(19)20-21(16-6-2-3-7-17(16)22(20)26)25-24-15-12-10-14(23)11-13-15/h2-13,24H,1H3/b25-21+. The molecule has 1 heterocycles. The van der Waals surface area contributed by atoms with E-state index in [9.17, 15) is 0 Å². The molecule has 1 aromatic heterocycles. The first-order chi connectivity index (χ1) is 12.7. The number of para-hydroxylation sites is 1. The molecule has 1 N–H and O–H groups in total. The summed E-state index contributed by atoms with van der Waals surface area (Å²) in [6.45, 7) is 0. The largest absolute Gasteiger partial charge is 0.343 e. The highest BCUT2D eigenvalue weighted by Gasteiger charge is 2.30. The molecule has 0 spiro atoms. The molecule has 4 aromatic rings. The molecule has 1 aliphatic carbocycles. The van der Waals surface area contributed by atoms with Crippen molar-refractivity contribution in [2.75, 3.05) is 5.43 Å². The van der Waals surface area contributed by atoms with Gasteiger partial charge in [0.05, 0.1) is 11.4 Å². The van der Waals surface area contributed by atoms with E-state index in [1.807, 2.05) is 24.3 Å². The van der Waals surface area contributed by atoms with Crippen molar-refractivity contribution in [2.24, 2.45) is 12.1 Å². The highest BCUT2D eigenvalue weighted by Crippen LogP contribution is 2.42. The zero-order valence-electron chi connectivity index (χ0n) is 14.2. The Balaban J connectivity index is 1.72. The molecule has 0 bridgehead atoms. The van der Waals surface area contributed by atoms with Gasteiger partial charge in [-0.05, 0) is 30.3 Å². The Kier molecular flexibility index (Phi) is 3.47. The fourth-order valence-electron chi connectivity index (χ4n) is 3.74. The molecular formula is C22H16BrN3. The summed E-state index contributed by atoms with van der Waals surface area (Å²) in [5, 5.41) is 6.04. The van der Waals surface area contributed by atoms with E-state index in [1.165, 1.54) is 33.3 Å². The van der Waals surface area contributed by atoms with Gasteiger partial charge in [0.15, 0.2) is 0 Å². The molecule has 3 aromatic carbocycles. The zero-order chi connectivity index (χ0) is 17.7. The van der Waals surface area contributed by atoms with Crippen LogP contribution in [0.25, 0.3) is 22.2 Å². The predicted octanol–water partition coefficient (Wildman–Crippen LogP) is 5.79. The molecule has 0 unspecified atom stereocenters. The molecule has 126 valence electrons. The van der Waals surface area contributed by atoms with Gasteiger partial charge in [-0.1, -0.05) is 58.4 Å². The van der Waals surface area contributed by atoms with Crippen LogP contribution in [0.1, 0.15) is 11.1 Å². The first-order valence-corrected chi connectivity index (χ1v) is 9.30. The molecule has 0 saturated heterocycles. The number of hydrogen-bond donors (Lipinski definition) is 1. The predicted molar refractivity (Wildman–Crippen MR) is 112 cm³/mol. The summed E-state index contributed by atoms with van der Waals surface area (Å²) in [7, 11) is 2.13. The first kappa shape index (κ1) is 15.4. The SMILES string of the molecule is Cn1c2c(c3ccccc31)/C(=N/Nc1ccc(Br)cc1)c1ccccc1-2. The third kappa shape index (κ3) is 2.22. The Hall–Kier alpha value is -2.85. The summed E-state index contributed by atoms with van der Waals surface area (Å²) >= 11 is 3.47. The van der Waals surface area contributed by atoms with Crippen LogP contribution in [0.2, 0.25) is 0 Å². The number of hydrazone groups is 1. The minimum absolute atomic E-state index is 0.965. The van der Waals surface area contributed by atoms with Crippen molar-refractivity contribution in [3.05, 3.63) is 88.4 Å². The molecule has 0 fully saturated rings. The van der Waals surface area contributed by atoms with E-state index < -0.39 is 0 Å². The van der Waals surface area contributed by atoms with Crippen molar-refractivity contribution in [3.8, 4) is 11.3 Å². The second kappa shape index (κ2) is 5.85. The van der Waals surface area contributed by atoms with E-state index in [0.29, 0.717) is 0 Å². The van der Waals surface area contributed by atoms with Crippen molar-refractivity contribution in [3.63, 3.8) is 0 Å². The molecule has 0 amide bonds. The summed E-state index contributed by atoms with van der Waals surface area (Å²) < 4.78 is 3.32. The van der Waals surface area contributed by atoms with Gasteiger partial charge in [0.1, 0.15) is 5.71 Å². The number of nitrogens with one attached hydrogen (secondary N) is 1. The van der Waals surface area contributed by atoms with E-state index >= 15 is 0 Å². The Morgan fingerprint density at radius 2 is 1.54 bits per heavy atom. The zero-order valence-corrected chi connectivity index (χ0v) is 15.8. The summed E-state index contributed by atoms with van der Waals surface area (Å²) in [6, 6.07) is 25.0. The van der Waals surface area contributed by atoms with Crippen molar-refractivity contribution in [2.45, 2.75) is 0 Å². The number of nitrogens with zero attached hydrogens (tertiary/aromatic N) is 2. The molecule has 3 nitrogen and oxygen atoms in total. The minimum Gasteiger partial charge on any atom is -0.343 e. The highest BCUT2D eigenvalue weighted by molar-refractivity contribution is 9.10. The Morgan fingerprint density at radius 1 is 0.846 bits per heavy atom. The van der Waals surface area contributed by atoms with E-state index in [4.69, 9.17) is 5.10 Å². The van der Waals surface area contributed by atoms with Gasteiger partial charge in [0, 0.05) is 39.1 Å². The van der Waals surface area contributed by atoms with Crippen LogP contribution in [-0.2, 0) is 7.05 Å². The van der Waals surface area contributed by atoms with Crippen LogP contribution in [0.15, 0.2) is 82.4 Å². The molecule has 0 radical (unpaired) electrons. The number of aryl methyl sites for hydroxylation is 1. The maximum absolute atomic E-state index is 4.81. The third-order valence-corrected chi connectivity index (χ3v) is 5.45. The van der Waals surface area contributed by atoms with Gasteiger partial charge in [-0.2, -0.15) is 5.10 Å². The lowest BCUT2D eigenvalue weighted by atomic mass is 10.1. The van der Waals surface area contributed by atoms with Crippen LogP contribution in [0.5, 0.6) is 0 Å². The molecule has 26 heavy (non-hydrogen) atoms. The van der Waals surface area contributed by atoms with Gasteiger partial charge in [-0.15, -0.1) is 0 Å². The van der Waals surface area contributed by atoms with Crippen LogP contribution in [0, 0.1) is 0 Å². The summed E-state index contributed by atoms with van der Waals surface area (Å²) in [5.41, 5.74) is 11.3. The minimum atomic E-state index is 0.965. The Morgan fingerprint density at radius 3 is 2.35 bits per heavy atom. The molecule has 4 heteroatoms. The number of aromatic nitrogens is 1. The molecule has 0 saturated carbocycles. The Bertz CT molecular complexity index is 1170. The lowest BCUT2D eigenvalue weighted by Crippen LogP contribution is -2.02. The van der Waals surface area contributed by atoms with Crippen LogP contribution in [-0.4, -0.2) is 10.3 Å². The molecule has 1 aliphatic rings. The lowest BCUT2D eigenvalue weighted by molar-refractivity contribution is 0.979. The van der Waals surface area contributed by atoms with Gasteiger partial charge in [-0.3, -0.25) is 5.43 Å². The molecule has 5 rings (SSSR count). The number of benzene rings is 3. The topological polar surface area (TPSA) is 29.3 Å². The average Bonchev–Trinajstić information content (AvgIpc) is 3.16. The van der Waals surface area contributed by atoms with E-state index in [-0.39, 0.29) is 0 Å². The quantitative estimate of drug-likeness (QED) is 0.373. The van der Waals surface area contributed by atoms with Crippen molar-refractivity contribution >= 4 is 38.2 Å². The fourth-order valence-corrected chi connectivity index (χ4v) is 4.00. The highest BCUT2D eigenvalue weighted by atomic mass is 79.9. The maximum Gasteiger partial charge on any atom is 0.101 e. The number of hydrogen-bond acceptors (Lipinski definition) is 2. The van der Waals surface area contributed by atoms with Gasteiger partial charge >= 0.3 is 0 Å². The smallest absolute Gasteiger partial charge is 0.101 e. The van der Waals surface area contributed by atoms with Crippen LogP contribution >= 0.6 is 15.9 Å². The van der Waals surface area contributed by atoms with Crippen LogP contribution in [0.4, 0.5) is 5.69 Å². The van der Waals surface area contributed by atoms with Crippen molar-refractivity contribution in [1.82, 2.24) is 4.57 Å². The fraction of sp³-hybridized carbons (Fsp3) is 0.0455. The number of fused-ring (bicyclic) bond motifs is 5. The maximum atomic E-state index is 4.81. The molecule has 0 atom stereocenters. The van der Waals surface area contributed by atoms with Gasteiger partial charge in [-0.25, -0.2) is 0 Å². The number of rotatable bonds is 2. The van der Waals surface area contributed by atoms with Gasteiger partial charge in [0.25, 0.3) is 0 Å². The molecule has 0 aliphatic heterocycles. The van der Waals surface area contributed by atoms with Gasteiger partial charge in [0.2, 0.25) is 0 Å². The first-order valence-electron chi connectivity index (χ1n) is 8.51. The van der Waals surface area contributed by atoms with Crippen LogP contribution in [0.3, 0.4) is 0 Å². The normalized spacial score (nSPS) is 13.8. The number of anilines is 1. The second-order valence-electron chi connectivity index (χ2n) is 6.42. The van der Waals surface area contributed by atoms with Crippen LogP contribution < -0.4 is 5.43 Å². The second-order valence-corrected chi connectivity index (χ2v) is 7.34. The summed E-state index contributed by atoms with van der Waals surface area (Å²) in [6.07, 6.45) is 0. The number of halogens is 1. The summed E-state index contributed by atoms with van der Waals surface area (Å²) in [4.78, 5) is 0. The molecular weight excluding hydrogens is 386 g/mol. The Labute approximate surface area is 160 Å². The van der Waals surface area contributed by atoms with E-state index in [0.717, 1.165) is 15.9 Å². The van der Waals surface area contributed by atoms with Gasteiger partial charge < -0.3 is 4.57 Å². The lowest BCUT2D eigenvalue weighted by Gasteiger charge is -2.06. The van der Waals surface area contributed by atoms with E-state index in [2.05, 4.69) is 81.5 Å². The third-order valence-electron chi connectivity index (χ3n) is 4.92.